The zero-order chi connectivity index (χ0) is 13.7. The highest BCUT2D eigenvalue weighted by Gasteiger charge is 2.33. The van der Waals surface area contributed by atoms with Gasteiger partial charge in [0.05, 0.1) is 18.3 Å². The number of hydrogen-bond acceptors (Lipinski definition) is 5. The maximum Gasteiger partial charge on any atom is 0.324 e. The number of piperazine rings is 1. The highest BCUT2D eigenvalue weighted by atomic mass is 16.5. The molecule has 1 aromatic rings. The van der Waals surface area contributed by atoms with Crippen LogP contribution in [-0.2, 0) is 9.53 Å². The highest BCUT2D eigenvalue weighted by Crippen LogP contribution is 2.22. The lowest BCUT2D eigenvalue weighted by molar-refractivity contribution is -0.151. The molecule has 1 aliphatic heterocycles. The second kappa shape index (κ2) is 6.63. The molecular weight excluding hydrogens is 242 g/mol. The summed E-state index contributed by atoms with van der Waals surface area (Å²) in [5, 5.41) is 3.25. The quantitative estimate of drug-likeness (QED) is 0.821. The van der Waals surface area contributed by atoms with E-state index < -0.39 is 0 Å². The van der Waals surface area contributed by atoms with Crippen molar-refractivity contribution in [2.75, 3.05) is 26.2 Å². The predicted octanol–water partition coefficient (Wildman–Crippen LogP) is 0.979. The van der Waals surface area contributed by atoms with Crippen molar-refractivity contribution in [1.82, 2.24) is 15.2 Å². The Hall–Kier alpha value is -1.46. The van der Waals surface area contributed by atoms with E-state index in [1.54, 1.807) is 6.20 Å². The number of rotatable bonds is 4. The molecule has 0 aliphatic carbocycles. The van der Waals surface area contributed by atoms with Crippen LogP contribution in [0.25, 0.3) is 0 Å². The summed E-state index contributed by atoms with van der Waals surface area (Å²) in [5.41, 5.74) is 0.985. The fourth-order valence-corrected chi connectivity index (χ4v) is 2.43. The Bertz CT molecular complexity index is 410. The van der Waals surface area contributed by atoms with E-state index in [0.717, 1.165) is 18.8 Å². The molecule has 2 unspecified atom stereocenters. The van der Waals surface area contributed by atoms with Gasteiger partial charge in [0.25, 0.3) is 0 Å². The predicted molar refractivity (Wildman–Crippen MR) is 72.6 cm³/mol. The lowest BCUT2D eigenvalue weighted by Gasteiger charge is -2.38. The molecule has 0 radical (unpaired) electrons. The lowest BCUT2D eigenvalue weighted by Crippen LogP contribution is -2.56. The summed E-state index contributed by atoms with van der Waals surface area (Å²) in [6, 6.07) is 5.75. The Morgan fingerprint density at radius 3 is 3.16 bits per heavy atom. The number of nitrogens with zero attached hydrogens (tertiary/aromatic N) is 2. The van der Waals surface area contributed by atoms with Crippen LogP contribution in [0.1, 0.15) is 25.6 Å². The Kier molecular flexibility index (Phi) is 4.87. The first-order valence-corrected chi connectivity index (χ1v) is 6.78. The first kappa shape index (κ1) is 14.0. The summed E-state index contributed by atoms with van der Waals surface area (Å²) in [6.45, 7) is 6.67. The molecule has 0 amide bonds. The third-order valence-electron chi connectivity index (χ3n) is 3.46. The number of aromatic nitrogens is 1. The minimum Gasteiger partial charge on any atom is -0.465 e. The van der Waals surface area contributed by atoms with Gasteiger partial charge < -0.3 is 10.1 Å². The Labute approximate surface area is 114 Å². The lowest BCUT2D eigenvalue weighted by atomic mass is 10.1. The van der Waals surface area contributed by atoms with Crippen LogP contribution in [0.4, 0.5) is 0 Å². The van der Waals surface area contributed by atoms with Gasteiger partial charge >= 0.3 is 5.97 Å². The number of hydrogen-bond donors (Lipinski definition) is 1. The van der Waals surface area contributed by atoms with Crippen molar-refractivity contribution in [1.29, 1.82) is 0 Å². The zero-order valence-electron chi connectivity index (χ0n) is 11.5. The smallest absolute Gasteiger partial charge is 0.324 e. The van der Waals surface area contributed by atoms with Crippen molar-refractivity contribution < 1.29 is 9.53 Å². The molecule has 1 fully saturated rings. The van der Waals surface area contributed by atoms with Gasteiger partial charge in [-0.1, -0.05) is 6.07 Å². The van der Waals surface area contributed by atoms with Crippen LogP contribution < -0.4 is 5.32 Å². The van der Waals surface area contributed by atoms with Crippen molar-refractivity contribution in [3.8, 4) is 0 Å². The number of carbonyl (C=O) groups is 1. The normalized spacial score (nSPS) is 21.9. The molecule has 1 N–H and O–H groups in total. The SMILES string of the molecule is CCOC(=O)C1CNCCN1C(C)c1ccccn1. The molecule has 5 nitrogen and oxygen atoms in total. The molecular formula is C14H21N3O2. The molecule has 1 aliphatic rings. The first-order valence-electron chi connectivity index (χ1n) is 6.78. The van der Waals surface area contributed by atoms with E-state index >= 15 is 0 Å². The minimum absolute atomic E-state index is 0.109. The van der Waals surface area contributed by atoms with Crippen LogP contribution >= 0.6 is 0 Å². The molecule has 0 bridgehead atoms. The molecule has 1 saturated heterocycles. The standard InChI is InChI=1S/C14H21N3O2/c1-3-19-14(18)13-10-15-8-9-17(13)11(2)12-6-4-5-7-16-12/h4-7,11,13,15H,3,8-10H2,1-2H3. The van der Waals surface area contributed by atoms with Crippen molar-refractivity contribution in [2.45, 2.75) is 25.9 Å². The zero-order valence-corrected chi connectivity index (χ0v) is 11.5. The Morgan fingerprint density at radius 2 is 2.47 bits per heavy atom. The summed E-state index contributed by atoms with van der Waals surface area (Å²) < 4.78 is 5.16. The molecule has 19 heavy (non-hydrogen) atoms. The van der Waals surface area contributed by atoms with E-state index in [1.807, 2.05) is 25.1 Å². The van der Waals surface area contributed by atoms with Crippen LogP contribution in [0, 0.1) is 0 Å². The Balaban J connectivity index is 2.13. The van der Waals surface area contributed by atoms with Crippen LogP contribution in [-0.4, -0.2) is 48.1 Å². The monoisotopic (exact) mass is 263 g/mol. The van der Waals surface area contributed by atoms with Gasteiger partial charge in [-0.05, 0) is 26.0 Å². The Morgan fingerprint density at radius 1 is 1.63 bits per heavy atom. The van der Waals surface area contributed by atoms with E-state index in [9.17, 15) is 4.79 Å². The summed E-state index contributed by atoms with van der Waals surface area (Å²) in [5.74, 6) is -0.155. The van der Waals surface area contributed by atoms with Crippen molar-refractivity contribution >= 4 is 5.97 Å². The van der Waals surface area contributed by atoms with Gasteiger partial charge in [-0.2, -0.15) is 0 Å². The van der Waals surface area contributed by atoms with Crippen LogP contribution in [0.2, 0.25) is 0 Å². The van der Waals surface area contributed by atoms with Gasteiger partial charge in [0.15, 0.2) is 0 Å². The molecule has 104 valence electrons. The number of esters is 1. The van der Waals surface area contributed by atoms with E-state index in [1.165, 1.54) is 0 Å². The van der Waals surface area contributed by atoms with Crippen LogP contribution in [0.15, 0.2) is 24.4 Å². The molecule has 5 heteroatoms. The van der Waals surface area contributed by atoms with E-state index in [-0.39, 0.29) is 18.1 Å². The first-order chi connectivity index (χ1) is 9.24. The van der Waals surface area contributed by atoms with Crippen LogP contribution in [0.3, 0.4) is 0 Å². The molecule has 2 rings (SSSR count). The van der Waals surface area contributed by atoms with Crippen LogP contribution in [0.5, 0.6) is 0 Å². The fourth-order valence-electron chi connectivity index (χ4n) is 2.43. The third-order valence-corrected chi connectivity index (χ3v) is 3.46. The van der Waals surface area contributed by atoms with Crippen molar-refractivity contribution in [3.63, 3.8) is 0 Å². The average molecular weight is 263 g/mol. The molecule has 2 heterocycles. The van der Waals surface area contributed by atoms with E-state index in [4.69, 9.17) is 4.74 Å². The molecule has 2 atom stereocenters. The van der Waals surface area contributed by atoms with Gasteiger partial charge in [-0.3, -0.25) is 14.7 Å². The molecule has 0 saturated carbocycles. The second-order valence-corrected chi connectivity index (χ2v) is 4.64. The van der Waals surface area contributed by atoms with E-state index in [2.05, 4.69) is 22.1 Å². The summed E-state index contributed by atoms with van der Waals surface area (Å²) in [6.07, 6.45) is 1.79. The maximum absolute atomic E-state index is 12.0. The van der Waals surface area contributed by atoms with Crippen molar-refractivity contribution in [3.05, 3.63) is 30.1 Å². The number of ether oxygens (including phenoxy) is 1. The molecule has 1 aromatic heterocycles. The minimum atomic E-state index is -0.231. The molecule has 0 spiro atoms. The third kappa shape index (κ3) is 3.30. The van der Waals surface area contributed by atoms with Gasteiger partial charge in [-0.15, -0.1) is 0 Å². The van der Waals surface area contributed by atoms with Crippen molar-refractivity contribution in [2.24, 2.45) is 0 Å². The molecule has 0 aromatic carbocycles. The number of nitrogens with one attached hydrogen (secondary N) is 1. The highest BCUT2D eigenvalue weighted by molar-refractivity contribution is 5.76. The maximum atomic E-state index is 12.0. The largest absolute Gasteiger partial charge is 0.465 e. The van der Waals surface area contributed by atoms with Gasteiger partial charge in [0, 0.05) is 25.8 Å². The van der Waals surface area contributed by atoms with Gasteiger partial charge in [0.2, 0.25) is 0 Å². The number of pyridine rings is 1. The average Bonchev–Trinajstić information content (AvgIpc) is 2.47. The summed E-state index contributed by atoms with van der Waals surface area (Å²) in [7, 11) is 0. The van der Waals surface area contributed by atoms with Gasteiger partial charge in [-0.25, -0.2) is 0 Å². The topological polar surface area (TPSA) is 54.5 Å². The number of carbonyl (C=O) groups excluding carboxylic acids is 1. The summed E-state index contributed by atoms with van der Waals surface area (Å²) >= 11 is 0. The fraction of sp³-hybridized carbons (Fsp3) is 0.571. The van der Waals surface area contributed by atoms with Gasteiger partial charge in [0.1, 0.15) is 6.04 Å². The van der Waals surface area contributed by atoms with E-state index in [0.29, 0.717) is 13.2 Å². The second-order valence-electron chi connectivity index (χ2n) is 4.64. The summed E-state index contributed by atoms with van der Waals surface area (Å²) in [4.78, 5) is 18.6.